The van der Waals surface area contributed by atoms with Gasteiger partial charge in [-0.05, 0) is 43.4 Å². The molecule has 6 nitrogen and oxygen atoms in total. The topological polar surface area (TPSA) is 83.9 Å². The molecule has 7 heteroatoms. The number of rotatable bonds is 6. The van der Waals surface area contributed by atoms with E-state index < -0.39 is 22.0 Å². The van der Waals surface area contributed by atoms with Crippen molar-refractivity contribution in [3.8, 4) is 0 Å². The largest absolute Gasteiger partial charge is 0.480 e. The monoisotopic (exact) mass is 327 g/mol. The summed E-state index contributed by atoms with van der Waals surface area (Å²) in [5.74, 6) is -1.08. The number of carboxylic acids is 1. The Morgan fingerprint density at radius 3 is 2.59 bits per heavy atom. The molecule has 0 aromatic heterocycles. The molecule has 0 saturated carbocycles. The zero-order valence-electron chi connectivity index (χ0n) is 12.6. The summed E-state index contributed by atoms with van der Waals surface area (Å²) >= 11 is 0. The summed E-state index contributed by atoms with van der Waals surface area (Å²) in [5.41, 5.74) is 0.981. The average molecular weight is 327 g/mol. The molecule has 1 saturated heterocycles. The van der Waals surface area contributed by atoms with Gasteiger partial charge in [0.2, 0.25) is 10.0 Å². The lowest BCUT2D eigenvalue weighted by Gasteiger charge is -2.31. The van der Waals surface area contributed by atoms with Gasteiger partial charge in [0.25, 0.3) is 0 Å². The Hall–Kier alpha value is -1.44. The van der Waals surface area contributed by atoms with Crippen molar-refractivity contribution in [1.82, 2.24) is 4.31 Å². The molecule has 1 aliphatic rings. The van der Waals surface area contributed by atoms with Gasteiger partial charge in [0, 0.05) is 13.7 Å². The van der Waals surface area contributed by atoms with Crippen LogP contribution in [0.3, 0.4) is 0 Å². The minimum Gasteiger partial charge on any atom is -0.480 e. The third-order valence-corrected chi connectivity index (χ3v) is 5.79. The summed E-state index contributed by atoms with van der Waals surface area (Å²) in [6.45, 7) is 0.823. The van der Waals surface area contributed by atoms with Gasteiger partial charge in [0.15, 0.2) is 0 Å². The van der Waals surface area contributed by atoms with Gasteiger partial charge in [0.05, 0.1) is 11.5 Å². The molecule has 122 valence electrons. The van der Waals surface area contributed by atoms with E-state index in [1.807, 2.05) is 0 Å². The van der Waals surface area contributed by atoms with E-state index in [9.17, 15) is 18.3 Å². The normalized spacial score (nSPS) is 20.0. The molecule has 0 radical (unpaired) electrons. The molecule has 0 aliphatic carbocycles. The third-order valence-electron chi connectivity index (χ3n) is 3.86. The van der Waals surface area contributed by atoms with Gasteiger partial charge in [-0.15, -0.1) is 0 Å². The molecule has 1 atom stereocenters. The molecular weight excluding hydrogens is 306 g/mol. The molecule has 1 aromatic rings. The van der Waals surface area contributed by atoms with Crippen LogP contribution in [0.2, 0.25) is 0 Å². The van der Waals surface area contributed by atoms with Crippen molar-refractivity contribution in [1.29, 1.82) is 0 Å². The van der Waals surface area contributed by atoms with Crippen molar-refractivity contribution in [3.05, 3.63) is 29.8 Å². The maximum absolute atomic E-state index is 12.7. The van der Waals surface area contributed by atoms with Crippen LogP contribution in [0, 0.1) is 0 Å². The Bertz CT molecular complexity index is 611. The number of carbonyl (C=O) groups is 1. The van der Waals surface area contributed by atoms with Crippen molar-refractivity contribution in [2.24, 2.45) is 0 Å². The molecule has 22 heavy (non-hydrogen) atoms. The fraction of sp³-hybridized carbons (Fsp3) is 0.533. The van der Waals surface area contributed by atoms with Crippen LogP contribution in [0.25, 0.3) is 0 Å². The predicted molar refractivity (Wildman–Crippen MR) is 81.2 cm³/mol. The van der Waals surface area contributed by atoms with Crippen LogP contribution in [-0.4, -0.2) is 50.1 Å². The number of ether oxygens (including phenoxy) is 1. The lowest BCUT2D eigenvalue weighted by Crippen LogP contribution is -2.47. The quantitative estimate of drug-likeness (QED) is 0.856. The first-order chi connectivity index (χ1) is 10.5. The van der Waals surface area contributed by atoms with Gasteiger partial charge in [0.1, 0.15) is 6.04 Å². The maximum Gasteiger partial charge on any atom is 0.322 e. The molecule has 1 aliphatic heterocycles. The molecule has 1 N–H and O–H groups in total. The van der Waals surface area contributed by atoms with Gasteiger partial charge < -0.3 is 9.84 Å². The van der Waals surface area contributed by atoms with Crippen LogP contribution in [-0.2, 0) is 26.0 Å². The Morgan fingerprint density at radius 2 is 2.00 bits per heavy atom. The second kappa shape index (κ2) is 7.21. The number of aliphatic carboxylic acids is 1. The van der Waals surface area contributed by atoms with Gasteiger partial charge in [-0.1, -0.05) is 12.1 Å². The van der Waals surface area contributed by atoms with E-state index in [1.165, 1.54) is 12.1 Å². The van der Waals surface area contributed by atoms with Gasteiger partial charge >= 0.3 is 5.97 Å². The Balaban J connectivity index is 2.23. The zero-order valence-corrected chi connectivity index (χ0v) is 13.4. The molecule has 0 spiro atoms. The number of benzene rings is 1. The number of carboxylic acid groups (broad SMARTS) is 1. The van der Waals surface area contributed by atoms with Crippen LogP contribution >= 0.6 is 0 Å². The molecule has 0 amide bonds. The number of nitrogens with zero attached hydrogens (tertiary/aromatic N) is 1. The smallest absolute Gasteiger partial charge is 0.322 e. The number of hydrogen-bond donors (Lipinski definition) is 1. The van der Waals surface area contributed by atoms with Crippen LogP contribution in [0.5, 0.6) is 0 Å². The van der Waals surface area contributed by atoms with Gasteiger partial charge in [-0.25, -0.2) is 8.42 Å². The molecule has 0 bridgehead atoms. The van der Waals surface area contributed by atoms with Crippen molar-refractivity contribution in [3.63, 3.8) is 0 Å². The summed E-state index contributed by atoms with van der Waals surface area (Å²) in [6, 6.07) is 5.59. The lowest BCUT2D eigenvalue weighted by atomic mass is 10.1. The fourth-order valence-corrected chi connectivity index (χ4v) is 4.27. The van der Waals surface area contributed by atoms with E-state index in [1.54, 1.807) is 19.2 Å². The van der Waals surface area contributed by atoms with E-state index in [4.69, 9.17) is 4.74 Å². The molecule has 2 rings (SSSR count). The number of piperidine rings is 1. The average Bonchev–Trinajstić information content (AvgIpc) is 2.53. The fourth-order valence-electron chi connectivity index (χ4n) is 2.62. The Labute approximate surface area is 130 Å². The zero-order chi connectivity index (χ0) is 16.2. The third kappa shape index (κ3) is 3.66. The molecular formula is C15H21NO5S. The second-order valence-electron chi connectivity index (χ2n) is 5.35. The molecule has 1 unspecified atom stereocenters. The highest BCUT2D eigenvalue weighted by Crippen LogP contribution is 2.25. The first kappa shape index (κ1) is 16.9. The van der Waals surface area contributed by atoms with Crippen molar-refractivity contribution < 1.29 is 23.1 Å². The summed E-state index contributed by atoms with van der Waals surface area (Å²) < 4.78 is 31.4. The Morgan fingerprint density at radius 1 is 1.32 bits per heavy atom. The van der Waals surface area contributed by atoms with Crippen LogP contribution in [0.15, 0.2) is 29.2 Å². The van der Waals surface area contributed by atoms with Gasteiger partial charge in [-0.2, -0.15) is 4.31 Å². The molecule has 1 aromatic carbocycles. The predicted octanol–water partition coefficient (Wildman–Crippen LogP) is 1.50. The molecule has 1 heterocycles. The maximum atomic E-state index is 12.7. The van der Waals surface area contributed by atoms with Crippen molar-refractivity contribution in [2.75, 3.05) is 20.3 Å². The van der Waals surface area contributed by atoms with Crippen LogP contribution in [0.1, 0.15) is 24.8 Å². The Kier molecular flexibility index (Phi) is 5.55. The first-order valence-corrected chi connectivity index (χ1v) is 8.73. The van der Waals surface area contributed by atoms with Gasteiger partial charge in [-0.3, -0.25) is 4.79 Å². The SMILES string of the molecule is COCCc1ccc(S(=O)(=O)N2CCCCC2C(=O)O)cc1. The minimum absolute atomic E-state index is 0.141. The van der Waals surface area contributed by atoms with E-state index in [2.05, 4.69) is 0 Å². The summed E-state index contributed by atoms with van der Waals surface area (Å²) in [4.78, 5) is 11.4. The number of methoxy groups -OCH3 is 1. The van der Waals surface area contributed by atoms with E-state index in [0.717, 1.165) is 16.3 Å². The van der Waals surface area contributed by atoms with Crippen molar-refractivity contribution >= 4 is 16.0 Å². The molecule has 1 fully saturated rings. The highest BCUT2D eigenvalue weighted by molar-refractivity contribution is 7.89. The highest BCUT2D eigenvalue weighted by atomic mass is 32.2. The summed E-state index contributed by atoms with van der Waals surface area (Å²) in [6.07, 6.45) is 2.49. The number of hydrogen-bond acceptors (Lipinski definition) is 4. The van der Waals surface area contributed by atoms with Crippen LogP contribution in [0.4, 0.5) is 0 Å². The van der Waals surface area contributed by atoms with Crippen molar-refractivity contribution in [2.45, 2.75) is 36.6 Å². The summed E-state index contributed by atoms with van der Waals surface area (Å²) in [5, 5.41) is 9.24. The lowest BCUT2D eigenvalue weighted by molar-refractivity contribution is -0.142. The standard InChI is InChI=1S/C15H21NO5S/c1-21-11-9-12-5-7-13(8-6-12)22(19,20)16-10-3-2-4-14(16)15(17)18/h5-8,14H,2-4,9-11H2,1H3,(H,17,18). The van der Waals surface area contributed by atoms with E-state index in [-0.39, 0.29) is 11.4 Å². The van der Waals surface area contributed by atoms with Crippen LogP contribution < -0.4 is 0 Å². The number of sulfonamides is 1. The minimum atomic E-state index is -3.77. The second-order valence-corrected chi connectivity index (χ2v) is 7.24. The van der Waals surface area contributed by atoms with E-state index in [0.29, 0.717) is 25.9 Å². The van der Waals surface area contributed by atoms with E-state index >= 15 is 0 Å². The summed E-state index contributed by atoms with van der Waals surface area (Å²) in [7, 11) is -2.16. The highest BCUT2D eigenvalue weighted by Gasteiger charge is 2.37. The first-order valence-electron chi connectivity index (χ1n) is 7.29.